The first-order valence-corrected chi connectivity index (χ1v) is 5.93. The number of hydrogen-bond donors (Lipinski definition) is 1. The van der Waals surface area contributed by atoms with Crippen LogP contribution in [-0.4, -0.2) is 9.97 Å². The minimum Gasteiger partial charge on any atom is -0.396 e. The van der Waals surface area contributed by atoms with Gasteiger partial charge in [0.1, 0.15) is 0 Å². The molecule has 1 heterocycles. The van der Waals surface area contributed by atoms with Crippen LogP contribution in [-0.2, 0) is 0 Å². The van der Waals surface area contributed by atoms with E-state index in [9.17, 15) is 0 Å². The zero-order valence-electron chi connectivity index (χ0n) is 8.02. The maximum atomic E-state index is 5.90. The van der Waals surface area contributed by atoms with Crippen LogP contribution in [0.2, 0.25) is 10.0 Å². The summed E-state index contributed by atoms with van der Waals surface area (Å²) in [6.07, 6.45) is 3.12. The molecular weight excluding hydrogens is 265 g/mol. The molecule has 0 aliphatic rings. The first kappa shape index (κ1) is 11.5. The molecule has 0 amide bonds. The molecule has 0 aliphatic heterocycles. The van der Waals surface area contributed by atoms with Gasteiger partial charge in [-0.15, -0.1) is 0 Å². The van der Waals surface area contributed by atoms with Gasteiger partial charge in [-0.25, -0.2) is 9.97 Å². The van der Waals surface area contributed by atoms with Crippen LogP contribution in [0.1, 0.15) is 0 Å². The molecule has 0 saturated carbocycles. The summed E-state index contributed by atoms with van der Waals surface area (Å²) >= 11 is 13.1. The number of benzene rings is 1. The monoisotopic (exact) mass is 271 g/mol. The Morgan fingerprint density at radius 1 is 1.06 bits per heavy atom. The summed E-state index contributed by atoms with van der Waals surface area (Å²) in [5, 5.41) is 1.67. The molecule has 0 unspecified atom stereocenters. The lowest BCUT2D eigenvalue weighted by Crippen LogP contribution is -1.90. The molecule has 2 N–H and O–H groups in total. The van der Waals surface area contributed by atoms with E-state index in [1.54, 1.807) is 24.5 Å². The number of aromatic nitrogens is 2. The Bertz CT molecular complexity index is 502. The highest BCUT2D eigenvalue weighted by Crippen LogP contribution is 2.30. The van der Waals surface area contributed by atoms with E-state index in [1.807, 2.05) is 6.07 Å². The summed E-state index contributed by atoms with van der Waals surface area (Å²) in [4.78, 5) is 9.08. The molecule has 2 aromatic rings. The maximum Gasteiger partial charge on any atom is 0.192 e. The highest BCUT2D eigenvalue weighted by Gasteiger charge is 2.03. The maximum absolute atomic E-state index is 5.90. The predicted molar refractivity (Wildman–Crippen MR) is 67.0 cm³/mol. The summed E-state index contributed by atoms with van der Waals surface area (Å²) in [6.45, 7) is 0. The molecule has 0 aliphatic carbocycles. The second-order valence-corrected chi connectivity index (χ2v) is 4.83. The summed E-state index contributed by atoms with van der Waals surface area (Å²) in [7, 11) is 0. The fraction of sp³-hybridized carbons (Fsp3) is 0. The van der Waals surface area contributed by atoms with Crippen LogP contribution >= 0.6 is 35.0 Å². The van der Waals surface area contributed by atoms with Crippen molar-refractivity contribution in [2.45, 2.75) is 10.1 Å². The lowest BCUT2D eigenvalue weighted by Gasteiger charge is -2.01. The second kappa shape index (κ2) is 4.91. The van der Waals surface area contributed by atoms with Crippen molar-refractivity contribution < 1.29 is 0 Å². The molecule has 1 aromatic heterocycles. The summed E-state index contributed by atoms with van der Waals surface area (Å²) in [6, 6.07) is 5.37. The van der Waals surface area contributed by atoms with Gasteiger partial charge in [-0.05, 0) is 30.0 Å². The third-order valence-electron chi connectivity index (χ3n) is 1.75. The van der Waals surface area contributed by atoms with Crippen molar-refractivity contribution in [3.8, 4) is 0 Å². The summed E-state index contributed by atoms with van der Waals surface area (Å²) < 4.78 is 0. The Morgan fingerprint density at radius 2 is 1.75 bits per heavy atom. The van der Waals surface area contributed by atoms with Crippen LogP contribution in [0.4, 0.5) is 5.69 Å². The Balaban J connectivity index is 2.20. The van der Waals surface area contributed by atoms with Gasteiger partial charge in [-0.2, -0.15) is 0 Å². The normalized spacial score (nSPS) is 10.4. The third kappa shape index (κ3) is 2.78. The Kier molecular flexibility index (Phi) is 3.53. The van der Waals surface area contributed by atoms with Crippen molar-refractivity contribution in [3.63, 3.8) is 0 Å². The first-order chi connectivity index (χ1) is 7.65. The van der Waals surface area contributed by atoms with Crippen molar-refractivity contribution in [1.29, 1.82) is 0 Å². The van der Waals surface area contributed by atoms with Crippen LogP contribution in [0.25, 0.3) is 0 Å². The quantitative estimate of drug-likeness (QED) is 0.850. The molecular formula is C10H7Cl2N3S. The SMILES string of the molecule is Nc1cnc(Sc2ccc(Cl)c(Cl)c2)nc1. The Morgan fingerprint density at radius 3 is 2.38 bits per heavy atom. The van der Waals surface area contributed by atoms with E-state index in [1.165, 1.54) is 11.8 Å². The van der Waals surface area contributed by atoms with E-state index >= 15 is 0 Å². The van der Waals surface area contributed by atoms with Crippen molar-refractivity contribution in [2.75, 3.05) is 5.73 Å². The smallest absolute Gasteiger partial charge is 0.192 e. The molecule has 0 atom stereocenters. The molecule has 0 spiro atoms. The van der Waals surface area contributed by atoms with Crippen molar-refractivity contribution in [2.24, 2.45) is 0 Å². The number of nitrogens with zero attached hydrogens (tertiary/aromatic N) is 2. The van der Waals surface area contributed by atoms with E-state index < -0.39 is 0 Å². The molecule has 82 valence electrons. The van der Waals surface area contributed by atoms with Gasteiger partial charge >= 0.3 is 0 Å². The van der Waals surface area contributed by atoms with Crippen LogP contribution in [0.5, 0.6) is 0 Å². The van der Waals surface area contributed by atoms with Crippen molar-refractivity contribution >= 4 is 40.7 Å². The zero-order chi connectivity index (χ0) is 11.5. The highest BCUT2D eigenvalue weighted by molar-refractivity contribution is 7.99. The lowest BCUT2D eigenvalue weighted by atomic mass is 10.4. The van der Waals surface area contributed by atoms with Gasteiger partial charge in [0.2, 0.25) is 0 Å². The van der Waals surface area contributed by atoms with Gasteiger partial charge in [-0.1, -0.05) is 23.2 Å². The van der Waals surface area contributed by atoms with E-state index in [-0.39, 0.29) is 0 Å². The van der Waals surface area contributed by atoms with Gasteiger partial charge in [-0.3, -0.25) is 0 Å². The second-order valence-electron chi connectivity index (χ2n) is 2.98. The van der Waals surface area contributed by atoms with Crippen LogP contribution < -0.4 is 5.73 Å². The van der Waals surface area contributed by atoms with Gasteiger partial charge in [0.15, 0.2) is 5.16 Å². The molecule has 3 nitrogen and oxygen atoms in total. The fourth-order valence-electron chi connectivity index (χ4n) is 1.02. The molecule has 16 heavy (non-hydrogen) atoms. The summed E-state index contributed by atoms with van der Waals surface area (Å²) in [5.74, 6) is 0. The minimum absolute atomic E-state index is 0.516. The number of nitrogen functional groups attached to an aromatic ring is 1. The molecule has 2 rings (SSSR count). The molecule has 1 aromatic carbocycles. The molecule has 6 heteroatoms. The molecule has 0 saturated heterocycles. The van der Waals surface area contributed by atoms with E-state index in [2.05, 4.69) is 9.97 Å². The number of hydrogen-bond acceptors (Lipinski definition) is 4. The van der Waals surface area contributed by atoms with Gasteiger partial charge < -0.3 is 5.73 Å². The number of nitrogens with two attached hydrogens (primary N) is 1. The molecule has 0 radical (unpaired) electrons. The average molecular weight is 272 g/mol. The number of anilines is 1. The Hall–Kier alpha value is -0.970. The number of rotatable bonds is 2. The molecule has 0 bridgehead atoms. The van der Waals surface area contributed by atoms with Gasteiger partial charge in [0, 0.05) is 4.90 Å². The topological polar surface area (TPSA) is 51.8 Å². The first-order valence-electron chi connectivity index (χ1n) is 4.35. The zero-order valence-corrected chi connectivity index (χ0v) is 10.4. The van der Waals surface area contributed by atoms with Gasteiger partial charge in [0.25, 0.3) is 0 Å². The predicted octanol–water partition coefficient (Wildman–Crippen LogP) is 3.52. The minimum atomic E-state index is 0.516. The van der Waals surface area contributed by atoms with Gasteiger partial charge in [0.05, 0.1) is 28.1 Å². The van der Waals surface area contributed by atoms with Crippen molar-refractivity contribution in [3.05, 3.63) is 40.6 Å². The highest BCUT2D eigenvalue weighted by atomic mass is 35.5. The standard InChI is InChI=1S/C10H7Cl2N3S/c11-8-2-1-7(3-9(8)12)16-10-14-4-6(13)5-15-10/h1-5H,13H2. The largest absolute Gasteiger partial charge is 0.396 e. The molecule has 0 fully saturated rings. The Labute approximate surface area is 107 Å². The number of halogens is 2. The van der Waals surface area contributed by atoms with E-state index in [0.717, 1.165) is 4.90 Å². The summed E-state index contributed by atoms with van der Waals surface area (Å²) in [5.41, 5.74) is 6.03. The van der Waals surface area contributed by atoms with E-state index in [0.29, 0.717) is 20.9 Å². The van der Waals surface area contributed by atoms with E-state index in [4.69, 9.17) is 28.9 Å². The third-order valence-corrected chi connectivity index (χ3v) is 3.37. The van der Waals surface area contributed by atoms with Crippen LogP contribution in [0, 0.1) is 0 Å². The van der Waals surface area contributed by atoms with Crippen LogP contribution in [0.3, 0.4) is 0 Å². The van der Waals surface area contributed by atoms with Crippen molar-refractivity contribution in [1.82, 2.24) is 9.97 Å². The lowest BCUT2D eigenvalue weighted by molar-refractivity contribution is 0.971. The van der Waals surface area contributed by atoms with Crippen LogP contribution in [0.15, 0.2) is 40.6 Å². The average Bonchev–Trinajstić information content (AvgIpc) is 2.27. The fourth-order valence-corrected chi connectivity index (χ4v) is 2.12.